The Morgan fingerprint density at radius 1 is 1.07 bits per heavy atom. The molecule has 0 bridgehead atoms. The van der Waals surface area contributed by atoms with Gasteiger partial charge >= 0.3 is 0 Å². The van der Waals surface area contributed by atoms with E-state index in [4.69, 9.17) is 0 Å². The minimum atomic E-state index is -0.0380. The van der Waals surface area contributed by atoms with Gasteiger partial charge in [0.1, 0.15) is 0 Å². The maximum absolute atomic E-state index is 11.0. The van der Waals surface area contributed by atoms with Crippen molar-refractivity contribution in [2.45, 2.75) is 13.8 Å². The van der Waals surface area contributed by atoms with Crippen molar-refractivity contribution in [1.82, 2.24) is 0 Å². The highest BCUT2D eigenvalue weighted by atomic mass is 16.1. The number of hydrogen-bond acceptors (Lipinski definition) is 1. The Kier molecular flexibility index (Phi) is 2.42. The Labute approximate surface area is 88.9 Å². The van der Waals surface area contributed by atoms with Crippen LogP contribution in [0.1, 0.15) is 12.5 Å². The molecule has 2 aromatic rings. The molecular formula is C13H13NO. The quantitative estimate of drug-likeness (QED) is 0.751. The number of nitrogens with one attached hydrogen (secondary N) is 1. The maximum Gasteiger partial charge on any atom is 0.221 e. The van der Waals surface area contributed by atoms with Crippen molar-refractivity contribution in [3.8, 4) is 0 Å². The van der Waals surface area contributed by atoms with Crippen LogP contribution in [0.4, 0.5) is 5.69 Å². The average molecular weight is 199 g/mol. The summed E-state index contributed by atoms with van der Waals surface area (Å²) < 4.78 is 0. The summed E-state index contributed by atoms with van der Waals surface area (Å²) in [6, 6.07) is 12.0. The second-order valence-corrected chi connectivity index (χ2v) is 3.66. The molecule has 0 aliphatic heterocycles. The third kappa shape index (κ3) is 1.84. The van der Waals surface area contributed by atoms with Gasteiger partial charge in [0.15, 0.2) is 0 Å². The van der Waals surface area contributed by atoms with Crippen LogP contribution in [0.3, 0.4) is 0 Å². The molecule has 0 spiro atoms. The van der Waals surface area contributed by atoms with Crippen molar-refractivity contribution in [2.75, 3.05) is 5.32 Å². The molecule has 0 aliphatic rings. The SMILES string of the molecule is CC(=O)Nc1ccc(C)c2ccccc12. The van der Waals surface area contributed by atoms with Crippen molar-refractivity contribution >= 4 is 22.4 Å². The van der Waals surface area contributed by atoms with E-state index in [-0.39, 0.29) is 5.91 Å². The van der Waals surface area contributed by atoms with Gasteiger partial charge in [0, 0.05) is 18.0 Å². The molecule has 0 saturated heterocycles. The number of rotatable bonds is 1. The van der Waals surface area contributed by atoms with Gasteiger partial charge in [-0.3, -0.25) is 4.79 Å². The van der Waals surface area contributed by atoms with E-state index in [2.05, 4.69) is 18.3 Å². The van der Waals surface area contributed by atoms with E-state index in [1.165, 1.54) is 17.9 Å². The molecular weight excluding hydrogens is 186 g/mol. The lowest BCUT2D eigenvalue weighted by atomic mass is 10.0. The second-order valence-electron chi connectivity index (χ2n) is 3.66. The lowest BCUT2D eigenvalue weighted by Gasteiger charge is -2.08. The van der Waals surface area contributed by atoms with Crippen LogP contribution in [0.15, 0.2) is 36.4 Å². The molecule has 0 radical (unpaired) electrons. The van der Waals surface area contributed by atoms with Crippen LogP contribution in [0, 0.1) is 6.92 Å². The third-order valence-corrected chi connectivity index (χ3v) is 2.45. The first kappa shape index (κ1) is 9.71. The topological polar surface area (TPSA) is 29.1 Å². The van der Waals surface area contributed by atoms with E-state index in [0.29, 0.717) is 0 Å². The van der Waals surface area contributed by atoms with Crippen molar-refractivity contribution < 1.29 is 4.79 Å². The Bertz CT molecular complexity index is 517. The monoisotopic (exact) mass is 199 g/mol. The molecule has 0 atom stereocenters. The Hall–Kier alpha value is -1.83. The van der Waals surface area contributed by atoms with Gasteiger partial charge in [-0.2, -0.15) is 0 Å². The van der Waals surface area contributed by atoms with Gasteiger partial charge in [0.25, 0.3) is 0 Å². The normalized spacial score (nSPS) is 10.3. The largest absolute Gasteiger partial charge is 0.326 e. The molecule has 2 heteroatoms. The van der Waals surface area contributed by atoms with Crippen LogP contribution in [0.25, 0.3) is 10.8 Å². The van der Waals surface area contributed by atoms with E-state index in [1.807, 2.05) is 30.3 Å². The van der Waals surface area contributed by atoms with Crippen molar-refractivity contribution in [3.05, 3.63) is 42.0 Å². The zero-order valence-electron chi connectivity index (χ0n) is 8.87. The van der Waals surface area contributed by atoms with Crippen LogP contribution in [-0.2, 0) is 4.79 Å². The zero-order valence-corrected chi connectivity index (χ0v) is 8.87. The Morgan fingerprint density at radius 3 is 2.40 bits per heavy atom. The van der Waals surface area contributed by atoms with Crippen LogP contribution in [-0.4, -0.2) is 5.91 Å². The molecule has 0 aromatic heterocycles. The first-order valence-electron chi connectivity index (χ1n) is 4.94. The predicted octanol–water partition coefficient (Wildman–Crippen LogP) is 3.11. The van der Waals surface area contributed by atoms with E-state index in [1.54, 1.807) is 0 Å². The van der Waals surface area contributed by atoms with Crippen molar-refractivity contribution in [3.63, 3.8) is 0 Å². The second kappa shape index (κ2) is 3.73. The number of anilines is 1. The summed E-state index contributed by atoms with van der Waals surface area (Å²) >= 11 is 0. The standard InChI is InChI=1S/C13H13NO/c1-9-7-8-13(14-10(2)15)12-6-4-3-5-11(9)12/h3-8H,1-2H3,(H,14,15). The van der Waals surface area contributed by atoms with E-state index in [9.17, 15) is 4.79 Å². The molecule has 15 heavy (non-hydrogen) atoms. The molecule has 0 heterocycles. The lowest BCUT2D eigenvalue weighted by molar-refractivity contribution is -0.114. The van der Waals surface area contributed by atoms with E-state index in [0.717, 1.165) is 11.1 Å². The van der Waals surface area contributed by atoms with Gasteiger partial charge in [0.05, 0.1) is 0 Å². The molecule has 0 fully saturated rings. The fourth-order valence-electron chi connectivity index (χ4n) is 1.75. The van der Waals surface area contributed by atoms with Crippen LogP contribution < -0.4 is 5.32 Å². The first-order chi connectivity index (χ1) is 7.18. The summed E-state index contributed by atoms with van der Waals surface area (Å²) in [5.74, 6) is -0.0380. The molecule has 0 aliphatic carbocycles. The minimum absolute atomic E-state index is 0.0380. The zero-order chi connectivity index (χ0) is 10.8. The maximum atomic E-state index is 11.0. The number of carbonyl (C=O) groups is 1. The minimum Gasteiger partial charge on any atom is -0.326 e. The molecule has 76 valence electrons. The summed E-state index contributed by atoms with van der Waals surface area (Å²) in [6.07, 6.45) is 0. The van der Waals surface area contributed by atoms with Gasteiger partial charge in [-0.05, 0) is 23.9 Å². The van der Waals surface area contributed by atoms with Crippen molar-refractivity contribution in [1.29, 1.82) is 0 Å². The lowest BCUT2D eigenvalue weighted by Crippen LogP contribution is -2.06. The number of benzene rings is 2. The average Bonchev–Trinajstić information content (AvgIpc) is 2.22. The smallest absolute Gasteiger partial charge is 0.221 e. The van der Waals surface area contributed by atoms with Gasteiger partial charge in [-0.25, -0.2) is 0 Å². The Morgan fingerprint density at radius 2 is 1.73 bits per heavy atom. The highest BCUT2D eigenvalue weighted by Crippen LogP contribution is 2.25. The highest BCUT2D eigenvalue weighted by molar-refractivity contribution is 6.02. The summed E-state index contributed by atoms with van der Waals surface area (Å²) in [5, 5.41) is 5.11. The molecule has 0 saturated carbocycles. The summed E-state index contributed by atoms with van der Waals surface area (Å²) in [4.78, 5) is 11.0. The fraction of sp³-hybridized carbons (Fsp3) is 0.154. The first-order valence-corrected chi connectivity index (χ1v) is 4.94. The molecule has 0 unspecified atom stereocenters. The molecule has 2 aromatic carbocycles. The fourth-order valence-corrected chi connectivity index (χ4v) is 1.75. The number of amides is 1. The van der Waals surface area contributed by atoms with E-state index < -0.39 is 0 Å². The summed E-state index contributed by atoms with van der Waals surface area (Å²) in [6.45, 7) is 3.59. The van der Waals surface area contributed by atoms with Gasteiger partial charge in [-0.1, -0.05) is 30.3 Å². The highest BCUT2D eigenvalue weighted by Gasteiger charge is 2.03. The van der Waals surface area contributed by atoms with Crippen LogP contribution in [0.5, 0.6) is 0 Å². The van der Waals surface area contributed by atoms with Crippen molar-refractivity contribution in [2.24, 2.45) is 0 Å². The number of fused-ring (bicyclic) bond motifs is 1. The number of carbonyl (C=O) groups excluding carboxylic acids is 1. The number of aryl methyl sites for hydroxylation is 1. The summed E-state index contributed by atoms with van der Waals surface area (Å²) in [7, 11) is 0. The number of hydrogen-bond donors (Lipinski definition) is 1. The molecule has 1 N–H and O–H groups in total. The Balaban J connectivity index is 2.66. The van der Waals surface area contributed by atoms with Gasteiger partial charge < -0.3 is 5.32 Å². The van der Waals surface area contributed by atoms with Gasteiger partial charge in [0.2, 0.25) is 5.91 Å². The molecule has 1 amide bonds. The van der Waals surface area contributed by atoms with Gasteiger partial charge in [-0.15, -0.1) is 0 Å². The molecule has 2 rings (SSSR count). The van der Waals surface area contributed by atoms with Crippen LogP contribution >= 0.6 is 0 Å². The summed E-state index contributed by atoms with van der Waals surface area (Å²) in [5.41, 5.74) is 2.10. The molecule has 2 nitrogen and oxygen atoms in total. The predicted molar refractivity (Wildman–Crippen MR) is 63.0 cm³/mol. The van der Waals surface area contributed by atoms with Crippen LogP contribution in [0.2, 0.25) is 0 Å². The third-order valence-electron chi connectivity index (χ3n) is 2.45. The van der Waals surface area contributed by atoms with E-state index >= 15 is 0 Å².